The molecule has 3 heteroatoms. The Morgan fingerprint density at radius 1 is 1.47 bits per heavy atom. The molecule has 0 amide bonds. The third-order valence-electron chi connectivity index (χ3n) is 3.71. The van der Waals surface area contributed by atoms with Crippen molar-refractivity contribution in [2.45, 2.75) is 11.8 Å². The van der Waals surface area contributed by atoms with Gasteiger partial charge in [-0.05, 0) is 43.8 Å². The van der Waals surface area contributed by atoms with Gasteiger partial charge in [-0.15, -0.1) is 0 Å². The van der Waals surface area contributed by atoms with Gasteiger partial charge in [0.15, 0.2) is 0 Å². The van der Waals surface area contributed by atoms with Crippen LogP contribution in [0, 0.1) is 5.82 Å². The van der Waals surface area contributed by atoms with Crippen molar-refractivity contribution in [1.82, 2.24) is 4.90 Å². The molecule has 15 heavy (non-hydrogen) atoms. The Labute approximate surface area is 89.1 Å². The fourth-order valence-electron chi connectivity index (χ4n) is 2.91. The molecule has 2 nitrogen and oxygen atoms in total. The second-order valence-corrected chi connectivity index (χ2v) is 4.81. The van der Waals surface area contributed by atoms with Crippen molar-refractivity contribution in [2.75, 3.05) is 32.0 Å². The molecule has 0 bridgehead atoms. The van der Waals surface area contributed by atoms with Gasteiger partial charge in [0.25, 0.3) is 0 Å². The topological polar surface area (TPSA) is 15.3 Å². The van der Waals surface area contributed by atoms with Gasteiger partial charge >= 0.3 is 0 Å². The van der Waals surface area contributed by atoms with E-state index >= 15 is 0 Å². The summed E-state index contributed by atoms with van der Waals surface area (Å²) in [5.41, 5.74) is 2.45. The van der Waals surface area contributed by atoms with E-state index in [-0.39, 0.29) is 11.2 Å². The first-order chi connectivity index (χ1) is 7.20. The van der Waals surface area contributed by atoms with Crippen LogP contribution in [0.1, 0.15) is 12.0 Å². The lowest BCUT2D eigenvalue weighted by molar-refractivity contribution is 0.381. The van der Waals surface area contributed by atoms with E-state index in [2.05, 4.69) is 17.3 Å². The van der Waals surface area contributed by atoms with Gasteiger partial charge in [-0.2, -0.15) is 0 Å². The molecule has 0 radical (unpaired) electrons. The number of hydrogen-bond acceptors (Lipinski definition) is 2. The lowest BCUT2D eigenvalue weighted by atomic mass is 9.81. The number of nitrogens with zero attached hydrogens (tertiary/aromatic N) is 1. The molecule has 1 N–H and O–H groups in total. The number of rotatable bonds is 0. The average molecular weight is 206 g/mol. The molecule has 1 spiro atoms. The Balaban J connectivity index is 2.07. The van der Waals surface area contributed by atoms with Crippen LogP contribution in [0.2, 0.25) is 0 Å². The predicted octanol–water partition coefficient (Wildman–Crippen LogP) is 1.82. The molecule has 1 aromatic carbocycles. The summed E-state index contributed by atoms with van der Waals surface area (Å²) in [6, 6.07) is 5.09. The molecule has 2 heterocycles. The van der Waals surface area contributed by atoms with Gasteiger partial charge in [-0.1, -0.05) is 0 Å². The van der Waals surface area contributed by atoms with E-state index in [1.807, 2.05) is 6.07 Å². The van der Waals surface area contributed by atoms with Crippen LogP contribution in [0.4, 0.5) is 10.1 Å². The smallest absolute Gasteiger partial charge is 0.123 e. The van der Waals surface area contributed by atoms with E-state index in [4.69, 9.17) is 0 Å². The molecule has 1 saturated heterocycles. The molecule has 1 unspecified atom stereocenters. The Hall–Kier alpha value is -1.09. The van der Waals surface area contributed by atoms with Gasteiger partial charge < -0.3 is 10.2 Å². The number of likely N-dealkylation sites (N-methyl/N-ethyl adjacent to an activating group) is 1. The van der Waals surface area contributed by atoms with Crippen LogP contribution in [-0.2, 0) is 5.41 Å². The summed E-state index contributed by atoms with van der Waals surface area (Å²) in [7, 11) is 2.13. The molecule has 0 aromatic heterocycles. The van der Waals surface area contributed by atoms with Crippen LogP contribution in [0.3, 0.4) is 0 Å². The highest BCUT2D eigenvalue weighted by Crippen LogP contribution is 2.42. The summed E-state index contributed by atoms with van der Waals surface area (Å²) >= 11 is 0. The molecular formula is C12H15FN2. The van der Waals surface area contributed by atoms with Gasteiger partial charge in [-0.3, -0.25) is 0 Å². The van der Waals surface area contributed by atoms with E-state index in [0.29, 0.717) is 0 Å². The summed E-state index contributed by atoms with van der Waals surface area (Å²) < 4.78 is 13.3. The van der Waals surface area contributed by atoms with Crippen LogP contribution in [0.15, 0.2) is 18.2 Å². The number of benzene rings is 1. The van der Waals surface area contributed by atoms with Crippen LogP contribution in [0.5, 0.6) is 0 Å². The van der Waals surface area contributed by atoms with Crippen LogP contribution in [0.25, 0.3) is 0 Å². The second kappa shape index (κ2) is 2.95. The van der Waals surface area contributed by atoms with Gasteiger partial charge in [-0.25, -0.2) is 4.39 Å². The van der Waals surface area contributed by atoms with E-state index in [1.54, 1.807) is 6.07 Å². The van der Waals surface area contributed by atoms with Crippen molar-refractivity contribution in [3.05, 3.63) is 29.6 Å². The van der Waals surface area contributed by atoms with Crippen molar-refractivity contribution in [2.24, 2.45) is 0 Å². The first-order valence-corrected chi connectivity index (χ1v) is 5.42. The average Bonchev–Trinajstić information content (AvgIpc) is 2.74. The van der Waals surface area contributed by atoms with E-state index in [1.165, 1.54) is 11.6 Å². The molecule has 1 aromatic rings. The summed E-state index contributed by atoms with van der Waals surface area (Å²) in [6.07, 6.45) is 1.13. The monoisotopic (exact) mass is 206 g/mol. The minimum atomic E-state index is -0.119. The first kappa shape index (κ1) is 9.16. The van der Waals surface area contributed by atoms with E-state index in [9.17, 15) is 4.39 Å². The van der Waals surface area contributed by atoms with Crippen molar-refractivity contribution in [3.63, 3.8) is 0 Å². The van der Waals surface area contributed by atoms with Crippen molar-refractivity contribution >= 4 is 5.69 Å². The largest absolute Gasteiger partial charge is 0.384 e. The standard InChI is InChI=1S/C12H15FN2/c1-15-5-4-12(8-15)7-14-11-3-2-9(13)6-10(11)12/h2-3,6,14H,4-5,7-8H2,1H3. The lowest BCUT2D eigenvalue weighted by Gasteiger charge is -2.22. The zero-order chi connectivity index (χ0) is 10.5. The summed E-state index contributed by atoms with van der Waals surface area (Å²) in [4.78, 5) is 2.32. The zero-order valence-corrected chi connectivity index (χ0v) is 8.89. The van der Waals surface area contributed by atoms with E-state index < -0.39 is 0 Å². The molecule has 0 saturated carbocycles. The number of hydrogen-bond donors (Lipinski definition) is 1. The highest BCUT2D eigenvalue weighted by molar-refractivity contribution is 5.61. The summed E-state index contributed by atoms with van der Waals surface area (Å²) in [6.45, 7) is 3.10. The fourth-order valence-corrected chi connectivity index (χ4v) is 2.91. The highest BCUT2D eigenvalue weighted by Gasteiger charge is 2.43. The Morgan fingerprint density at radius 3 is 3.07 bits per heavy atom. The van der Waals surface area contributed by atoms with Crippen LogP contribution < -0.4 is 5.32 Å². The first-order valence-electron chi connectivity index (χ1n) is 5.42. The van der Waals surface area contributed by atoms with Crippen molar-refractivity contribution < 1.29 is 4.39 Å². The minimum Gasteiger partial charge on any atom is -0.384 e. The third kappa shape index (κ3) is 1.26. The SMILES string of the molecule is CN1CCC2(CNc3ccc(F)cc32)C1. The number of halogens is 1. The Morgan fingerprint density at radius 2 is 2.33 bits per heavy atom. The second-order valence-electron chi connectivity index (χ2n) is 4.81. The van der Waals surface area contributed by atoms with Crippen molar-refractivity contribution in [3.8, 4) is 0 Å². The minimum absolute atomic E-state index is 0.119. The number of anilines is 1. The van der Waals surface area contributed by atoms with Crippen LogP contribution >= 0.6 is 0 Å². The van der Waals surface area contributed by atoms with E-state index in [0.717, 1.165) is 31.7 Å². The molecule has 2 aliphatic heterocycles. The molecular weight excluding hydrogens is 191 g/mol. The maximum Gasteiger partial charge on any atom is 0.123 e. The normalized spacial score (nSPS) is 29.5. The maximum absolute atomic E-state index is 13.3. The highest BCUT2D eigenvalue weighted by atomic mass is 19.1. The fraction of sp³-hybridized carbons (Fsp3) is 0.500. The quantitative estimate of drug-likeness (QED) is 0.696. The number of fused-ring (bicyclic) bond motifs is 2. The van der Waals surface area contributed by atoms with Gasteiger partial charge in [0.2, 0.25) is 0 Å². The summed E-state index contributed by atoms with van der Waals surface area (Å²) in [5.74, 6) is -0.119. The number of nitrogens with one attached hydrogen (secondary N) is 1. The maximum atomic E-state index is 13.3. The molecule has 3 rings (SSSR count). The lowest BCUT2D eigenvalue weighted by Crippen LogP contribution is -2.31. The molecule has 1 fully saturated rings. The van der Waals surface area contributed by atoms with Gasteiger partial charge in [0.1, 0.15) is 5.82 Å². The Kier molecular flexibility index (Phi) is 1.80. The number of likely N-dealkylation sites (tertiary alicyclic amines) is 1. The van der Waals surface area contributed by atoms with Crippen LogP contribution in [-0.4, -0.2) is 31.6 Å². The third-order valence-corrected chi connectivity index (χ3v) is 3.71. The van der Waals surface area contributed by atoms with Gasteiger partial charge in [0, 0.05) is 24.2 Å². The molecule has 2 aliphatic rings. The van der Waals surface area contributed by atoms with Crippen molar-refractivity contribution in [1.29, 1.82) is 0 Å². The molecule has 0 aliphatic carbocycles. The summed E-state index contributed by atoms with van der Waals surface area (Å²) in [5, 5.41) is 3.39. The Bertz CT molecular complexity index is 401. The predicted molar refractivity (Wildman–Crippen MR) is 58.7 cm³/mol. The molecule has 80 valence electrons. The molecule has 1 atom stereocenters. The van der Waals surface area contributed by atoms with Gasteiger partial charge in [0.05, 0.1) is 0 Å². The zero-order valence-electron chi connectivity index (χ0n) is 8.89.